The van der Waals surface area contributed by atoms with Crippen LogP contribution in [0.3, 0.4) is 0 Å². The molecule has 14 heteroatoms. The second kappa shape index (κ2) is 13.6. The van der Waals surface area contributed by atoms with E-state index in [2.05, 4.69) is 9.72 Å². The Morgan fingerprint density at radius 1 is 1.02 bits per heavy atom. The number of likely N-dealkylation sites (tertiary alicyclic amines) is 1. The normalized spacial score (nSPS) is 14.9. The first-order chi connectivity index (χ1) is 21.3. The number of aromatic nitrogens is 3. The average Bonchev–Trinajstić information content (AvgIpc) is 3.33. The highest BCUT2D eigenvalue weighted by Crippen LogP contribution is 2.35. The van der Waals surface area contributed by atoms with Crippen molar-refractivity contribution in [2.45, 2.75) is 109 Å². The maximum absolute atomic E-state index is 13.7. The fraction of sp³-hybridized carbons (Fsp3) is 0.562. The van der Waals surface area contributed by atoms with Crippen molar-refractivity contribution in [3.63, 3.8) is 0 Å². The molecule has 252 valence electrons. The van der Waals surface area contributed by atoms with E-state index in [-0.39, 0.29) is 23.8 Å². The van der Waals surface area contributed by atoms with Crippen molar-refractivity contribution < 1.29 is 37.0 Å². The molecular weight excluding hydrogens is 623 g/mol. The summed E-state index contributed by atoms with van der Waals surface area (Å²) < 4.78 is 56.0. The number of hydrogen-bond acceptors (Lipinski definition) is 8. The minimum Gasteiger partial charge on any atom is -0.444 e. The van der Waals surface area contributed by atoms with Crippen LogP contribution < -0.4 is 9.64 Å². The maximum atomic E-state index is 13.7. The Hall–Kier alpha value is -3.68. The Morgan fingerprint density at radius 3 is 2.26 bits per heavy atom. The number of carbonyl (C=O) groups excluding carboxylic acids is 2. The molecule has 1 aliphatic rings. The number of ether oxygens (including phenoxy) is 3. The predicted molar refractivity (Wildman–Crippen MR) is 169 cm³/mol. The van der Waals surface area contributed by atoms with Crippen molar-refractivity contribution in [2.75, 3.05) is 18.0 Å². The molecule has 0 bridgehead atoms. The lowest BCUT2D eigenvalue weighted by Crippen LogP contribution is -2.42. The predicted octanol–water partition coefficient (Wildman–Crippen LogP) is 8.18. The number of nitrogens with zero attached hydrogens (tertiary/aromatic N) is 5. The summed E-state index contributed by atoms with van der Waals surface area (Å²) in [6, 6.07) is 7.24. The Labute approximate surface area is 271 Å². The number of benzene rings is 1. The van der Waals surface area contributed by atoms with Crippen LogP contribution in [0.4, 0.5) is 28.4 Å². The van der Waals surface area contributed by atoms with Crippen LogP contribution in [0.1, 0.15) is 85.4 Å². The van der Waals surface area contributed by atoms with Crippen LogP contribution in [0.2, 0.25) is 0 Å². The van der Waals surface area contributed by atoms with Gasteiger partial charge in [-0.25, -0.2) is 19.1 Å². The first-order valence-electron chi connectivity index (χ1n) is 15.2. The molecule has 1 aromatic carbocycles. The van der Waals surface area contributed by atoms with Crippen molar-refractivity contribution in [3.8, 4) is 5.75 Å². The molecular formula is C32H42F3N5O5S. The number of carbonyl (C=O) groups is 2. The van der Waals surface area contributed by atoms with Crippen LogP contribution in [-0.2, 0) is 16.0 Å². The van der Waals surface area contributed by atoms with Crippen LogP contribution in [-0.4, -0.2) is 67.6 Å². The van der Waals surface area contributed by atoms with Gasteiger partial charge in [0, 0.05) is 18.3 Å². The van der Waals surface area contributed by atoms with Crippen LogP contribution in [0.25, 0.3) is 5.65 Å². The van der Waals surface area contributed by atoms with E-state index in [1.54, 1.807) is 48.5 Å². The van der Waals surface area contributed by atoms with Gasteiger partial charge in [0.05, 0.1) is 24.1 Å². The number of piperidine rings is 1. The summed E-state index contributed by atoms with van der Waals surface area (Å²) in [7, 11) is 0. The van der Waals surface area contributed by atoms with Crippen molar-refractivity contribution in [1.29, 1.82) is 0 Å². The molecule has 0 spiro atoms. The molecule has 1 aliphatic heterocycles. The fourth-order valence-electron chi connectivity index (χ4n) is 4.84. The SMILES string of the molecule is CC(C)c1cnc2c(N(Cc3cccc(OC(F)(F)F)c3)C(=O)OC(C)(C)C)cc(SC3CCN(C(=O)OC(C)(C)C)CC3)nn12. The fourth-order valence-corrected chi connectivity index (χ4v) is 5.94. The smallest absolute Gasteiger partial charge is 0.444 e. The molecule has 2 aromatic heterocycles. The summed E-state index contributed by atoms with van der Waals surface area (Å²) in [6.45, 7) is 15.7. The molecule has 0 unspecified atom stereocenters. The lowest BCUT2D eigenvalue weighted by Gasteiger charge is -2.33. The van der Waals surface area contributed by atoms with Crippen LogP contribution in [0, 0.1) is 0 Å². The van der Waals surface area contributed by atoms with Crippen molar-refractivity contribution in [3.05, 3.63) is 47.8 Å². The van der Waals surface area contributed by atoms with Gasteiger partial charge in [0.2, 0.25) is 0 Å². The van der Waals surface area contributed by atoms with Crippen molar-refractivity contribution in [2.24, 2.45) is 0 Å². The number of halogens is 3. The highest BCUT2D eigenvalue weighted by atomic mass is 32.2. The van der Waals surface area contributed by atoms with Gasteiger partial charge in [-0.05, 0) is 84.1 Å². The lowest BCUT2D eigenvalue weighted by atomic mass is 10.1. The molecule has 0 atom stereocenters. The van der Waals surface area contributed by atoms with Crippen LogP contribution in [0.15, 0.2) is 41.6 Å². The van der Waals surface area contributed by atoms with Crippen LogP contribution >= 0.6 is 11.8 Å². The molecule has 3 aromatic rings. The molecule has 4 rings (SSSR count). The quantitative estimate of drug-likeness (QED) is 0.249. The molecule has 46 heavy (non-hydrogen) atoms. The van der Waals surface area contributed by atoms with Gasteiger partial charge in [0.1, 0.15) is 22.0 Å². The highest BCUT2D eigenvalue weighted by molar-refractivity contribution is 7.99. The summed E-state index contributed by atoms with van der Waals surface area (Å²) in [6.07, 6.45) is -2.77. The van der Waals surface area contributed by atoms with Gasteiger partial charge in [-0.15, -0.1) is 24.9 Å². The summed E-state index contributed by atoms with van der Waals surface area (Å²) in [5.41, 5.74) is 0.584. The number of anilines is 1. The Balaban J connectivity index is 1.69. The second-order valence-electron chi connectivity index (χ2n) is 13.5. The van der Waals surface area contributed by atoms with Gasteiger partial charge in [-0.3, -0.25) is 4.90 Å². The first-order valence-corrected chi connectivity index (χ1v) is 16.0. The van der Waals surface area contributed by atoms with Crippen LogP contribution in [0.5, 0.6) is 5.75 Å². The number of hydrogen-bond donors (Lipinski definition) is 0. The minimum absolute atomic E-state index is 0.0545. The summed E-state index contributed by atoms with van der Waals surface area (Å²) in [4.78, 5) is 34.0. The van der Waals surface area contributed by atoms with E-state index in [4.69, 9.17) is 14.6 Å². The largest absolute Gasteiger partial charge is 0.573 e. The number of fused-ring (bicyclic) bond motifs is 1. The topological polar surface area (TPSA) is 98.5 Å². The number of rotatable bonds is 7. The van der Waals surface area contributed by atoms with Gasteiger partial charge >= 0.3 is 18.5 Å². The monoisotopic (exact) mass is 665 g/mol. The molecule has 2 amide bonds. The van der Waals surface area contributed by atoms with E-state index < -0.39 is 29.4 Å². The maximum Gasteiger partial charge on any atom is 0.573 e. The third-order valence-corrected chi connectivity index (χ3v) is 8.05. The van der Waals surface area contributed by atoms with E-state index in [0.29, 0.717) is 47.9 Å². The second-order valence-corrected chi connectivity index (χ2v) is 14.8. The van der Waals surface area contributed by atoms with E-state index in [1.165, 1.54) is 34.9 Å². The van der Waals surface area contributed by atoms with E-state index in [9.17, 15) is 22.8 Å². The Morgan fingerprint density at radius 2 is 1.67 bits per heavy atom. The third kappa shape index (κ3) is 9.66. The Kier molecular flexibility index (Phi) is 10.4. The number of amides is 2. The molecule has 1 fully saturated rings. The number of thioether (sulfide) groups is 1. The zero-order valence-electron chi connectivity index (χ0n) is 27.5. The third-order valence-electron chi connectivity index (χ3n) is 6.80. The molecule has 3 heterocycles. The first kappa shape index (κ1) is 35.2. The molecule has 0 saturated carbocycles. The summed E-state index contributed by atoms with van der Waals surface area (Å²) in [5, 5.41) is 5.64. The molecule has 0 aliphatic carbocycles. The zero-order valence-corrected chi connectivity index (χ0v) is 28.3. The van der Waals surface area contributed by atoms with Gasteiger partial charge in [0.15, 0.2) is 5.65 Å². The number of alkyl halides is 3. The zero-order chi connectivity index (χ0) is 34.0. The van der Waals surface area contributed by atoms with Crippen molar-refractivity contribution >= 4 is 35.3 Å². The molecule has 10 nitrogen and oxygen atoms in total. The molecule has 1 saturated heterocycles. The average molecular weight is 666 g/mol. The highest BCUT2D eigenvalue weighted by Gasteiger charge is 2.33. The van der Waals surface area contributed by atoms with E-state index >= 15 is 0 Å². The van der Waals surface area contributed by atoms with Gasteiger partial charge in [-0.1, -0.05) is 26.0 Å². The van der Waals surface area contributed by atoms with Gasteiger partial charge < -0.3 is 19.1 Å². The minimum atomic E-state index is -4.86. The van der Waals surface area contributed by atoms with Crippen molar-refractivity contribution in [1.82, 2.24) is 19.5 Å². The van der Waals surface area contributed by atoms with E-state index in [0.717, 1.165) is 5.69 Å². The summed E-state index contributed by atoms with van der Waals surface area (Å²) in [5.74, 6) is -0.343. The number of imidazole rings is 1. The molecule has 0 N–H and O–H groups in total. The molecule has 0 radical (unpaired) electrons. The Bertz CT molecular complexity index is 1540. The standard InChI is InChI=1S/C32H42F3N5O5S/c1-20(2)25-18-36-27-24(17-26(37-40(25)27)46-23-12-14-38(15-13-23)28(41)44-30(3,4)5)39(29(42)45-31(6,7)8)19-21-10-9-11-22(16-21)43-32(33,34)35/h9-11,16-18,20,23H,12-15,19H2,1-8H3. The van der Waals surface area contributed by atoms with Gasteiger partial charge in [-0.2, -0.15) is 5.10 Å². The van der Waals surface area contributed by atoms with E-state index in [1.807, 2.05) is 34.6 Å². The lowest BCUT2D eigenvalue weighted by molar-refractivity contribution is -0.274. The van der Waals surface area contributed by atoms with Gasteiger partial charge in [0.25, 0.3) is 0 Å². The summed E-state index contributed by atoms with van der Waals surface area (Å²) >= 11 is 1.54.